The van der Waals surface area contributed by atoms with Gasteiger partial charge < -0.3 is 43.0 Å². The first-order valence-corrected chi connectivity index (χ1v) is 35.3. The second-order valence-electron chi connectivity index (χ2n) is 33.5. The average Bonchev–Trinajstić information content (AvgIpc) is 1.59. The van der Waals surface area contributed by atoms with E-state index in [2.05, 4.69) is 27.7 Å². The van der Waals surface area contributed by atoms with Crippen molar-refractivity contribution in [1.29, 1.82) is 0 Å². The summed E-state index contributed by atoms with van der Waals surface area (Å²) < 4.78 is 44.4. The van der Waals surface area contributed by atoms with Crippen molar-refractivity contribution in [3.63, 3.8) is 0 Å². The van der Waals surface area contributed by atoms with Gasteiger partial charge in [-0.15, -0.1) is 0 Å². The zero-order valence-corrected chi connectivity index (χ0v) is 58.2. The standard InChI is InChI=1S/C20H32O2.C16H26O3.C14H26O2.C13H18O5.C10H16O4/c1-5-19(3,4)18(21)22-20(6-2)11-14-10-15(20)17-13-8-7-12(9-13)16(14)17;1-4-14(2,3)13(17)19-16-8-11-5-12(9-16)7-15(18,6-11)10-16;1-6-13(4,5)12(15)16-14(11(2)3)9-7-8-10-14;1-4-13(2,3)12(15)18-9-7-5-6-8(16-7)10(9)17-11(6)14;1-4-10(2,3)9(12)14-7-5-6-13-8(7)11/h12-17H,5-11H2,1-4H3;11-12,18H,4-10H2,1-3H3;11H,6-10H2,1-5H3;6-10H,4-5H2,1-3H3;7H,4-6H2,1-3H3. The number of carbonyl (C=O) groups is 7. The van der Waals surface area contributed by atoms with Crippen LogP contribution in [0.15, 0.2) is 0 Å². The van der Waals surface area contributed by atoms with E-state index in [1.54, 1.807) is 13.8 Å². The number of aliphatic hydroxyl groups is 1. The van der Waals surface area contributed by atoms with E-state index >= 15 is 0 Å². The highest BCUT2D eigenvalue weighted by molar-refractivity contribution is 5.83. The summed E-state index contributed by atoms with van der Waals surface area (Å²) in [7, 11) is 0. The molecule has 9 aliphatic carbocycles. The van der Waals surface area contributed by atoms with Gasteiger partial charge in [0.2, 0.25) is 6.10 Å². The molecular formula is C73H118O16. The molecule has 4 heterocycles. The molecule has 10 bridgehead atoms. The Kier molecular flexibility index (Phi) is 21.2. The van der Waals surface area contributed by atoms with E-state index in [9.17, 15) is 38.7 Å². The van der Waals surface area contributed by atoms with Gasteiger partial charge in [-0.25, -0.2) is 4.79 Å². The molecule has 0 radical (unpaired) electrons. The van der Waals surface area contributed by atoms with Crippen LogP contribution in [0.4, 0.5) is 0 Å². The zero-order valence-electron chi connectivity index (χ0n) is 58.2. The fourth-order valence-corrected chi connectivity index (χ4v) is 17.6. The van der Waals surface area contributed by atoms with E-state index in [0.717, 1.165) is 100 Å². The molecule has 13 rings (SSSR count). The van der Waals surface area contributed by atoms with E-state index in [-0.39, 0.29) is 81.6 Å². The van der Waals surface area contributed by atoms with E-state index < -0.39 is 46.1 Å². The topological polar surface area (TPSA) is 214 Å². The fourth-order valence-electron chi connectivity index (χ4n) is 17.6. The van der Waals surface area contributed by atoms with Gasteiger partial charge in [0.1, 0.15) is 22.9 Å². The highest BCUT2D eigenvalue weighted by Gasteiger charge is 2.69. The molecule has 89 heavy (non-hydrogen) atoms. The Balaban J connectivity index is 0.000000145. The van der Waals surface area contributed by atoms with Crippen LogP contribution in [0.25, 0.3) is 0 Å². The maximum absolute atomic E-state index is 12.7. The number of hydrogen-bond acceptors (Lipinski definition) is 16. The molecule has 506 valence electrons. The molecule has 9 saturated carbocycles. The van der Waals surface area contributed by atoms with Crippen molar-refractivity contribution >= 4 is 41.8 Å². The van der Waals surface area contributed by atoms with Gasteiger partial charge in [0.25, 0.3) is 0 Å². The van der Waals surface area contributed by atoms with E-state index in [1.165, 1.54) is 44.9 Å². The summed E-state index contributed by atoms with van der Waals surface area (Å²) in [6, 6.07) is 0. The second-order valence-corrected chi connectivity index (χ2v) is 33.5. The summed E-state index contributed by atoms with van der Waals surface area (Å²) in [5.41, 5.74) is -3.34. The Bertz CT molecular complexity index is 2560. The first kappa shape index (κ1) is 71.1. The van der Waals surface area contributed by atoms with Crippen molar-refractivity contribution in [3.05, 3.63) is 0 Å². The highest BCUT2D eigenvalue weighted by atomic mass is 16.7. The number of rotatable bonds is 17. The average molecular weight is 1250 g/mol. The minimum absolute atomic E-state index is 0.0226. The molecule has 4 aliphatic heterocycles. The third-order valence-corrected chi connectivity index (χ3v) is 25.2. The largest absolute Gasteiger partial charge is 0.463 e. The van der Waals surface area contributed by atoms with Crippen LogP contribution >= 0.6 is 0 Å². The molecule has 1 N–H and O–H groups in total. The second kappa shape index (κ2) is 26.5. The molecule has 16 nitrogen and oxygen atoms in total. The number of ether oxygens (including phenoxy) is 8. The van der Waals surface area contributed by atoms with Crippen LogP contribution in [-0.2, 0) is 71.5 Å². The van der Waals surface area contributed by atoms with Crippen LogP contribution in [0.1, 0.15) is 272 Å². The minimum Gasteiger partial charge on any atom is -0.463 e. The smallest absolute Gasteiger partial charge is 0.347 e. The van der Waals surface area contributed by atoms with Gasteiger partial charge >= 0.3 is 41.8 Å². The maximum atomic E-state index is 12.7. The summed E-state index contributed by atoms with van der Waals surface area (Å²) in [6.07, 6.45) is 21.1. The maximum Gasteiger partial charge on any atom is 0.347 e. The SMILES string of the molecule is CCC(C)(C)C(=O)OC1(C(C)C)CCCC1.CCC(C)(C)C(=O)OC1(CC)CC2CC1C1C3CCC(C3)C21.CCC(C)(C)C(=O)OC12CC3CC(CC(O)(C3)C1)C2.CCC(C)(C)C(=O)OC1C2CC3C(=O)OC1C3O2.CCC(C)(C)C(=O)OC1CCOC1=O. The van der Waals surface area contributed by atoms with Crippen molar-refractivity contribution < 1.29 is 76.6 Å². The lowest BCUT2D eigenvalue weighted by Gasteiger charge is -2.59. The van der Waals surface area contributed by atoms with Gasteiger partial charge in [-0.05, 0) is 251 Å². The number of fused-ring (bicyclic) bond motifs is 10. The van der Waals surface area contributed by atoms with Crippen molar-refractivity contribution in [2.45, 2.75) is 325 Å². The molecule has 15 atom stereocenters. The summed E-state index contributed by atoms with van der Waals surface area (Å²) in [5.74, 6) is 5.49. The minimum atomic E-state index is -0.687. The molecular weight excluding hydrogens is 1130 g/mol. The third kappa shape index (κ3) is 14.5. The van der Waals surface area contributed by atoms with Crippen LogP contribution in [0.5, 0.6) is 0 Å². The number of carbonyl (C=O) groups excluding carboxylic acids is 7. The third-order valence-electron chi connectivity index (χ3n) is 25.2. The van der Waals surface area contributed by atoms with Crippen molar-refractivity contribution in [2.75, 3.05) is 6.61 Å². The van der Waals surface area contributed by atoms with Gasteiger partial charge in [0, 0.05) is 18.8 Å². The zero-order chi connectivity index (χ0) is 65.8. The van der Waals surface area contributed by atoms with Crippen LogP contribution in [0.3, 0.4) is 0 Å². The van der Waals surface area contributed by atoms with Gasteiger partial charge in [-0.2, -0.15) is 0 Å². The van der Waals surface area contributed by atoms with E-state index in [1.807, 2.05) is 83.1 Å². The fraction of sp³-hybridized carbons (Fsp3) is 0.904. The highest BCUT2D eigenvalue weighted by Crippen LogP contribution is 2.71. The molecule has 0 aromatic carbocycles. The van der Waals surface area contributed by atoms with Gasteiger partial charge in [-0.3, -0.25) is 28.8 Å². The molecule has 0 aromatic rings. The lowest BCUT2D eigenvalue weighted by Crippen LogP contribution is -2.61. The van der Waals surface area contributed by atoms with Crippen LogP contribution in [0, 0.1) is 86.3 Å². The molecule has 0 amide bonds. The first-order valence-electron chi connectivity index (χ1n) is 35.3. The predicted molar refractivity (Wildman–Crippen MR) is 336 cm³/mol. The molecule has 0 spiro atoms. The normalized spacial score (nSPS) is 36.9. The molecule has 16 heteroatoms. The van der Waals surface area contributed by atoms with Crippen molar-refractivity contribution in [3.8, 4) is 0 Å². The Morgan fingerprint density at radius 2 is 1.07 bits per heavy atom. The predicted octanol–water partition coefficient (Wildman–Crippen LogP) is 14.1. The summed E-state index contributed by atoms with van der Waals surface area (Å²) >= 11 is 0. The van der Waals surface area contributed by atoms with Crippen LogP contribution < -0.4 is 0 Å². The molecule has 4 saturated heterocycles. The molecule has 15 unspecified atom stereocenters. The number of cyclic esters (lactones) is 1. The van der Waals surface area contributed by atoms with E-state index in [0.29, 0.717) is 62.4 Å². The lowest BCUT2D eigenvalue weighted by atomic mass is 9.52. The van der Waals surface area contributed by atoms with Crippen molar-refractivity contribution in [2.24, 2.45) is 86.3 Å². The number of hydrogen-bond donors (Lipinski definition) is 1. The Morgan fingerprint density at radius 1 is 0.562 bits per heavy atom. The van der Waals surface area contributed by atoms with Crippen LogP contribution in [-0.4, -0.2) is 106 Å². The van der Waals surface area contributed by atoms with Gasteiger partial charge in [-0.1, -0.05) is 55.4 Å². The number of esters is 7. The lowest BCUT2D eigenvalue weighted by molar-refractivity contribution is -0.225. The quantitative estimate of drug-likeness (QED) is 0.0814. The summed E-state index contributed by atoms with van der Waals surface area (Å²) in [4.78, 5) is 83.4. The molecule has 13 fully saturated rings. The Labute approximate surface area is 534 Å². The summed E-state index contributed by atoms with van der Waals surface area (Å²) in [6.45, 7) is 36.2. The van der Waals surface area contributed by atoms with Gasteiger partial charge in [0.15, 0.2) is 12.2 Å². The Hall–Kier alpha value is -3.79. The molecule has 13 aliphatic rings. The Morgan fingerprint density at radius 3 is 1.56 bits per heavy atom. The van der Waals surface area contributed by atoms with Crippen molar-refractivity contribution in [1.82, 2.24) is 0 Å². The molecule has 0 aromatic heterocycles. The monoisotopic (exact) mass is 1250 g/mol. The van der Waals surface area contributed by atoms with E-state index in [4.69, 9.17) is 37.9 Å². The van der Waals surface area contributed by atoms with Gasteiger partial charge in [0.05, 0.1) is 51.3 Å². The summed E-state index contributed by atoms with van der Waals surface area (Å²) in [5, 5.41) is 10.6. The first-order chi connectivity index (χ1) is 41.4. The van der Waals surface area contributed by atoms with Crippen LogP contribution in [0.2, 0.25) is 0 Å².